The zero-order valence-electron chi connectivity index (χ0n) is 14.2. The van der Waals surface area contributed by atoms with Gasteiger partial charge >= 0.3 is 5.97 Å². The maximum atomic E-state index is 12.2. The van der Waals surface area contributed by atoms with Crippen LogP contribution in [0.3, 0.4) is 0 Å². The second-order valence-electron chi connectivity index (χ2n) is 5.75. The van der Waals surface area contributed by atoms with Crippen molar-refractivity contribution in [3.63, 3.8) is 0 Å². The van der Waals surface area contributed by atoms with Crippen molar-refractivity contribution < 1.29 is 27.2 Å². The Bertz CT molecular complexity index is 1070. The lowest BCUT2D eigenvalue weighted by Gasteiger charge is -2.12. The molecule has 1 heterocycles. The Morgan fingerprint density at radius 3 is 2.41 bits per heavy atom. The molecule has 0 aliphatic rings. The number of carbonyl (C=O) groups excluding carboxylic acids is 2. The molecule has 3 N–H and O–H groups in total. The standard InChI is InChI=1S/C18H16N2O6S/c1-11(17(21)20-13-6-8-14(9-7-13)27(19,23)24)25-18(22)16-10-12-4-2-3-5-15(12)26-16/h2-11H,1H3,(H,20,21)(H2,19,23,24)/t11-/m1/s1. The third kappa shape index (κ3) is 4.33. The number of esters is 1. The summed E-state index contributed by atoms with van der Waals surface area (Å²) in [6.45, 7) is 1.41. The quantitative estimate of drug-likeness (QED) is 0.645. The number of ether oxygens (including phenoxy) is 1. The number of carbonyl (C=O) groups is 2. The van der Waals surface area contributed by atoms with Gasteiger partial charge in [0.25, 0.3) is 5.91 Å². The molecule has 0 aliphatic heterocycles. The van der Waals surface area contributed by atoms with Crippen LogP contribution in [0.5, 0.6) is 0 Å². The molecule has 0 spiro atoms. The topological polar surface area (TPSA) is 129 Å². The number of nitrogens with one attached hydrogen (secondary N) is 1. The highest BCUT2D eigenvalue weighted by molar-refractivity contribution is 7.89. The Kier molecular flexibility index (Phi) is 4.98. The molecule has 1 amide bonds. The minimum absolute atomic E-state index is 0.00615. The van der Waals surface area contributed by atoms with E-state index in [0.29, 0.717) is 11.3 Å². The minimum atomic E-state index is -3.81. The smallest absolute Gasteiger partial charge is 0.375 e. The summed E-state index contributed by atoms with van der Waals surface area (Å²) in [7, 11) is -3.81. The second kappa shape index (κ2) is 7.22. The van der Waals surface area contributed by atoms with Crippen LogP contribution in [0.1, 0.15) is 17.5 Å². The molecule has 2 aromatic carbocycles. The molecule has 0 bridgehead atoms. The molecule has 0 fully saturated rings. The van der Waals surface area contributed by atoms with Gasteiger partial charge in [0.05, 0.1) is 4.90 Å². The third-order valence-electron chi connectivity index (χ3n) is 3.73. The van der Waals surface area contributed by atoms with E-state index in [1.165, 1.54) is 37.3 Å². The highest BCUT2D eigenvalue weighted by atomic mass is 32.2. The Balaban J connectivity index is 1.64. The van der Waals surface area contributed by atoms with Crippen molar-refractivity contribution in [1.82, 2.24) is 0 Å². The van der Waals surface area contributed by atoms with E-state index in [9.17, 15) is 18.0 Å². The number of furan rings is 1. The largest absolute Gasteiger partial charge is 0.449 e. The lowest BCUT2D eigenvalue weighted by molar-refractivity contribution is -0.123. The molecule has 140 valence electrons. The Labute approximate surface area is 155 Å². The minimum Gasteiger partial charge on any atom is -0.449 e. The Morgan fingerprint density at radius 1 is 1.11 bits per heavy atom. The number of rotatable bonds is 5. The molecule has 8 nitrogen and oxygen atoms in total. The van der Waals surface area contributed by atoms with Gasteiger partial charge in [-0.1, -0.05) is 18.2 Å². The van der Waals surface area contributed by atoms with Gasteiger partial charge in [0.2, 0.25) is 15.8 Å². The SMILES string of the molecule is C[C@@H](OC(=O)c1cc2ccccc2o1)C(=O)Nc1ccc(S(N)(=O)=O)cc1. The number of nitrogens with two attached hydrogens (primary N) is 1. The molecule has 27 heavy (non-hydrogen) atoms. The van der Waals surface area contributed by atoms with Crippen LogP contribution in [0, 0.1) is 0 Å². The first kappa shape index (κ1) is 18.6. The molecule has 9 heteroatoms. The first-order chi connectivity index (χ1) is 12.7. The van der Waals surface area contributed by atoms with E-state index in [-0.39, 0.29) is 10.7 Å². The fourth-order valence-electron chi connectivity index (χ4n) is 2.33. The number of anilines is 1. The van der Waals surface area contributed by atoms with E-state index in [1.807, 2.05) is 6.07 Å². The molecular formula is C18H16N2O6S. The molecule has 0 aliphatic carbocycles. The van der Waals surface area contributed by atoms with Crippen molar-refractivity contribution in [1.29, 1.82) is 0 Å². The van der Waals surface area contributed by atoms with Crippen LogP contribution >= 0.6 is 0 Å². The van der Waals surface area contributed by atoms with Gasteiger partial charge in [0, 0.05) is 11.1 Å². The fourth-order valence-corrected chi connectivity index (χ4v) is 2.84. The van der Waals surface area contributed by atoms with E-state index in [4.69, 9.17) is 14.3 Å². The van der Waals surface area contributed by atoms with Crippen molar-refractivity contribution in [3.05, 3.63) is 60.4 Å². The molecule has 0 radical (unpaired) electrons. The third-order valence-corrected chi connectivity index (χ3v) is 4.66. The van der Waals surface area contributed by atoms with Gasteiger partial charge in [0.15, 0.2) is 6.10 Å². The summed E-state index contributed by atoms with van der Waals surface area (Å²) in [5.74, 6) is -1.35. The Morgan fingerprint density at radius 2 is 1.78 bits per heavy atom. The van der Waals surface area contributed by atoms with Gasteiger partial charge in [-0.15, -0.1) is 0 Å². The van der Waals surface area contributed by atoms with Crippen molar-refractivity contribution >= 4 is 38.6 Å². The van der Waals surface area contributed by atoms with Gasteiger partial charge in [-0.05, 0) is 43.3 Å². The van der Waals surface area contributed by atoms with Crippen LogP contribution < -0.4 is 10.5 Å². The van der Waals surface area contributed by atoms with Crippen LogP contribution in [-0.4, -0.2) is 26.4 Å². The summed E-state index contributed by atoms with van der Waals surface area (Å²) in [6, 6.07) is 13.9. The molecule has 3 rings (SSSR count). The van der Waals surface area contributed by atoms with Crippen molar-refractivity contribution in [2.24, 2.45) is 5.14 Å². The summed E-state index contributed by atoms with van der Waals surface area (Å²) in [6.07, 6.45) is -1.09. The van der Waals surface area contributed by atoms with Crippen molar-refractivity contribution in [2.75, 3.05) is 5.32 Å². The highest BCUT2D eigenvalue weighted by Crippen LogP contribution is 2.20. The number of fused-ring (bicyclic) bond motifs is 1. The van der Waals surface area contributed by atoms with E-state index >= 15 is 0 Å². The predicted octanol–water partition coefficient (Wildman–Crippen LogP) is 2.26. The van der Waals surface area contributed by atoms with E-state index in [2.05, 4.69) is 5.32 Å². The maximum absolute atomic E-state index is 12.2. The summed E-state index contributed by atoms with van der Waals surface area (Å²) in [4.78, 5) is 24.3. The van der Waals surface area contributed by atoms with Crippen LogP contribution in [-0.2, 0) is 19.6 Å². The normalized spacial score (nSPS) is 12.5. The Hall–Kier alpha value is -3.17. The molecule has 1 aromatic heterocycles. The number of hydrogen-bond donors (Lipinski definition) is 2. The average molecular weight is 388 g/mol. The number of amides is 1. The van der Waals surface area contributed by atoms with Crippen LogP contribution in [0.4, 0.5) is 5.69 Å². The lowest BCUT2D eigenvalue weighted by Crippen LogP contribution is -2.29. The van der Waals surface area contributed by atoms with E-state index in [0.717, 1.165) is 5.39 Å². The van der Waals surface area contributed by atoms with Gasteiger partial charge in [0.1, 0.15) is 5.58 Å². The lowest BCUT2D eigenvalue weighted by atomic mass is 10.2. The first-order valence-electron chi connectivity index (χ1n) is 7.87. The summed E-state index contributed by atoms with van der Waals surface area (Å²) in [5.41, 5.74) is 0.871. The van der Waals surface area contributed by atoms with Crippen LogP contribution in [0.25, 0.3) is 11.0 Å². The molecule has 0 unspecified atom stereocenters. The predicted molar refractivity (Wildman–Crippen MR) is 97.5 cm³/mol. The number of sulfonamides is 1. The van der Waals surface area contributed by atoms with E-state index < -0.39 is 28.0 Å². The highest BCUT2D eigenvalue weighted by Gasteiger charge is 2.21. The van der Waals surface area contributed by atoms with Gasteiger partial charge in [-0.3, -0.25) is 4.79 Å². The van der Waals surface area contributed by atoms with Gasteiger partial charge in [-0.25, -0.2) is 18.4 Å². The van der Waals surface area contributed by atoms with Crippen molar-refractivity contribution in [3.8, 4) is 0 Å². The molecule has 0 saturated heterocycles. The monoisotopic (exact) mass is 388 g/mol. The van der Waals surface area contributed by atoms with Crippen molar-refractivity contribution in [2.45, 2.75) is 17.9 Å². The summed E-state index contributed by atoms with van der Waals surface area (Å²) >= 11 is 0. The zero-order chi connectivity index (χ0) is 19.6. The van der Waals surface area contributed by atoms with Gasteiger partial charge in [-0.2, -0.15) is 0 Å². The maximum Gasteiger partial charge on any atom is 0.375 e. The summed E-state index contributed by atoms with van der Waals surface area (Å²) < 4.78 is 33.0. The number of para-hydroxylation sites is 1. The first-order valence-corrected chi connectivity index (χ1v) is 9.42. The van der Waals surface area contributed by atoms with Gasteiger partial charge < -0.3 is 14.5 Å². The molecular weight excluding hydrogens is 372 g/mol. The number of hydrogen-bond acceptors (Lipinski definition) is 6. The number of primary sulfonamides is 1. The van der Waals surface area contributed by atoms with E-state index in [1.54, 1.807) is 18.2 Å². The molecule has 1 atom stereocenters. The number of benzene rings is 2. The molecule has 3 aromatic rings. The molecule has 0 saturated carbocycles. The fraction of sp³-hybridized carbons (Fsp3) is 0.111. The van der Waals surface area contributed by atoms with Crippen LogP contribution in [0.2, 0.25) is 0 Å². The summed E-state index contributed by atoms with van der Waals surface area (Å²) in [5, 5.41) is 8.28. The zero-order valence-corrected chi connectivity index (χ0v) is 15.0. The van der Waals surface area contributed by atoms with Crippen LogP contribution in [0.15, 0.2) is 63.9 Å². The second-order valence-corrected chi connectivity index (χ2v) is 7.32. The average Bonchev–Trinajstić information content (AvgIpc) is 3.05.